The number of fused-ring (bicyclic) bond motifs is 1. The highest BCUT2D eigenvalue weighted by Gasteiger charge is 2.18. The average molecular weight is 459 g/mol. The topological polar surface area (TPSA) is 91.4 Å². The maximum Gasteiger partial charge on any atom is 0.263 e. The quantitative estimate of drug-likeness (QED) is 0.575. The predicted molar refractivity (Wildman–Crippen MR) is 125 cm³/mol. The molecule has 2 heterocycles. The van der Waals surface area contributed by atoms with Crippen molar-refractivity contribution in [3.8, 4) is 0 Å². The van der Waals surface area contributed by atoms with Crippen molar-refractivity contribution >= 4 is 48.3 Å². The summed E-state index contributed by atoms with van der Waals surface area (Å²) in [7, 11) is -3.77. The number of amides is 1. The lowest BCUT2D eigenvalue weighted by Gasteiger charge is -2.30. The molecule has 164 valence electrons. The maximum absolute atomic E-state index is 12.7. The molecule has 1 aromatic heterocycles. The zero-order valence-electron chi connectivity index (χ0n) is 17.6. The summed E-state index contributed by atoms with van der Waals surface area (Å²) in [5, 5.41) is 2.96. The van der Waals surface area contributed by atoms with E-state index in [4.69, 9.17) is 0 Å². The van der Waals surface area contributed by atoms with Crippen LogP contribution in [0.15, 0.2) is 47.4 Å². The van der Waals surface area contributed by atoms with Crippen molar-refractivity contribution in [3.05, 3.63) is 48.0 Å². The third-order valence-corrected chi connectivity index (χ3v) is 7.86. The minimum Gasteiger partial charge on any atom is -0.326 e. The van der Waals surface area contributed by atoms with Gasteiger partial charge < -0.3 is 5.32 Å². The highest BCUT2D eigenvalue weighted by Crippen LogP contribution is 2.29. The molecule has 0 aliphatic carbocycles. The molecule has 1 aliphatic rings. The number of rotatable bonds is 6. The van der Waals surface area contributed by atoms with Gasteiger partial charge in [-0.1, -0.05) is 24.3 Å². The first-order chi connectivity index (χ1) is 14.8. The number of thiazole rings is 1. The van der Waals surface area contributed by atoms with E-state index in [-0.39, 0.29) is 10.8 Å². The fourth-order valence-corrected chi connectivity index (χ4v) is 5.85. The molecule has 0 unspecified atom stereocenters. The lowest BCUT2D eigenvalue weighted by atomic mass is 9.99. The number of anilines is 2. The smallest absolute Gasteiger partial charge is 0.263 e. The first-order valence-corrected chi connectivity index (χ1v) is 12.6. The molecule has 31 heavy (non-hydrogen) atoms. The Hall–Kier alpha value is -2.49. The molecule has 2 N–H and O–H groups in total. The maximum atomic E-state index is 12.7. The summed E-state index contributed by atoms with van der Waals surface area (Å²) < 4.78 is 29.0. The Balaban J connectivity index is 1.47. The van der Waals surface area contributed by atoms with Gasteiger partial charge in [-0.3, -0.25) is 14.4 Å². The highest BCUT2D eigenvalue weighted by atomic mass is 32.2. The fraction of sp³-hybridized carbons (Fsp3) is 0.364. The third kappa shape index (κ3) is 5.41. The molecular formula is C22H26N4O3S2. The number of piperidine rings is 1. The van der Waals surface area contributed by atoms with Gasteiger partial charge in [-0.2, -0.15) is 0 Å². The van der Waals surface area contributed by atoms with Gasteiger partial charge in [0.25, 0.3) is 10.0 Å². The molecule has 4 rings (SSSR count). The van der Waals surface area contributed by atoms with Crippen molar-refractivity contribution in [2.24, 2.45) is 5.92 Å². The van der Waals surface area contributed by atoms with E-state index in [0.717, 1.165) is 35.8 Å². The Labute approximate surface area is 186 Å². The normalized spacial score (nSPS) is 15.8. The third-order valence-electron chi connectivity index (χ3n) is 5.44. The number of likely N-dealkylation sites (tertiary alicyclic amines) is 1. The van der Waals surface area contributed by atoms with Crippen molar-refractivity contribution < 1.29 is 13.2 Å². The minimum atomic E-state index is -3.77. The summed E-state index contributed by atoms with van der Waals surface area (Å²) in [6.07, 6.45) is 2.47. The zero-order valence-corrected chi connectivity index (χ0v) is 19.2. The van der Waals surface area contributed by atoms with Gasteiger partial charge in [-0.25, -0.2) is 13.4 Å². The van der Waals surface area contributed by atoms with E-state index in [9.17, 15) is 13.2 Å². The van der Waals surface area contributed by atoms with Gasteiger partial charge in [0.15, 0.2) is 5.13 Å². The van der Waals surface area contributed by atoms with Crippen LogP contribution in [0.2, 0.25) is 0 Å². The van der Waals surface area contributed by atoms with E-state index < -0.39 is 10.0 Å². The number of sulfonamides is 1. The Kier molecular flexibility index (Phi) is 6.27. The first kappa shape index (κ1) is 21.7. The van der Waals surface area contributed by atoms with Crippen molar-refractivity contribution in [1.29, 1.82) is 0 Å². The Bertz CT molecular complexity index is 1180. The van der Waals surface area contributed by atoms with Crippen LogP contribution in [0.3, 0.4) is 0 Å². The number of aromatic nitrogens is 1. The summed E-state index contributed by atoms with van der Waals surface area (Å²) >= 11 is 1.33. The summed E-state index contributed by atoms with van der Waals surface area (Å²) in [5.74, 6) is 0.592. The van der Waals surface area contributed by atoms with E-state index in [1.165, 1.54) is 48.8 Å². The number of nitrogens with zero attached hydrogens (tertiary/aromatic N) is 2. The van der Waals surface area contributed by atoms with Crippen molar-refractivity contribution in [1.82, 2.24) is 9.88 Å². The van der Waals surface area contributed by atoms with E-state index in [1.54, 1.807) is 12.1 Å². The summed E-state index contributed by atoms with van der Waals surface area (Å²) in [5.41, 5.74) is 2.54. The minimum absolute atomic E-state index is 0.112. The van der Waals surface area contributed by atoms with Gasteiger partial charge in [0.05, 0.1) is 15.1 Å². The van der Waals surface area contributed by atoms with Gasteiger partial charge in [0, 0.05) is 19.2 Å². The molecule has 0 radical (unpaired) electrons. The van der Waals surface area contributed by atoms with Crippen LogP contribution in [0.4, 0.5) is 10.8 Å². The van der Waals surface area contributed by atoms with Gasteiger partial charge in [-0.05, 0) is 73.8 Å². The van der Waals surface area contributed by atoms with E-state index >= 15 is 0 Å². The van der Waals surface area contributed by atoms with Crippen molar-refractivity contribution in [3.63, 3.8) is 0 Å². The van der Waals surface area contributed by atoms with Crippen LogP contribution >= 0.6 is 11.3 Å². The lowest BCUT2D eigenvalue weighted by Crippen LogP contribution is -2.32. The van der Waals surface area contributed by atoms with Gasteiger partial charge in [-0.15, -0.1) is 0 Å². The molecule has 2 aromatic carbocycles. The summed E-state index contributed by atoms with van der Waals surface area (Å²) in [4.78, 5) is 18.1. The molecule has 1 aliphatic heterocycles. The Morgan fingerprint density at radius 2 is 1.87 bits per heavy atom. The van der Waals surface area contributed by atoms with Gasteiger partial charge in [0.1, 0.15) is 0 Å². The number of hydrogen-bond acceptors (Lipinski definition) is 6. The zero-order chi connectivity index (χ0) is 22.0. The molecule has 3 aromatic rings. The van der Waals surface area contributed by atoms with Crippen LogP contribution in [-0.4, -0.2) is 37.3 Å². The van der Waals surface area contributed by atoms with Crippen LogP contribution in [-0.2, 0) is 21.4 Å². The van der Waals surface area contributed by atoms with Crippen molar-refractivity contribution in [2.75, 3.05) is 23.1 Å². The molecule has 1 fully saturated rings. The molecule has 0 saturated carbocycles. The van der Waals surface area contributed by atoms with Crippen LogP contribution in [0, 0.1) is 5.92 Å². The van der Waals surface area contributed by atoms with Gasteiger partial charge in [0.2, 0.25) is 5.91 Å². The van der Waals surface area contributed by atoms with E-state index in [2.05, 4.69) is 39.0 Å². The molecule has 0 spiro atoms. The Morgan fingerprint density at radius 1 is 1.16 bits per heavy atom. The second-order valence-electron chi connectivity index (χ2n) is 8.09. The molecule has 7 nitrogen and oxygen atoms in total. The lowest BCUT2D eigenvalue weighted by molar-refractivity contribution is -0.114. The molecule has 1 saturated heterocycles. The monoisotopic (exact) mass is 458 g/mol. The Morgan fingerprint density at radius 3 is 2.55 bits per heavy atom. The van der Waals surface area contributed by atoms with Gasteiger partial charge >= 0.3 is 0 Å². The second-order valence-corrected chi connectivity index (χ2v) is 10.8. The molecule has 0 bridgehead atoms. The average Bonchev–Trinajstić information content (AvgIpc) is 3.10. The molecule has 1 amide bonds. The van der Waals surface area contributed by atoms with Crippen LogP contribution in [0.1, 0.15) is 32.3 Å². The number of carbonyl (C=O) groups excluding carboxylic acids is 1. The summed E-state index contributed by atoms with van der Waals surface area (Å²) in [6.45, 7) is 6.85. The largest absolute Gasteiger partial charge is 0.326 e. The highest BCUT2D eigenvalue weighted by molar-refractivity contribution is 7.93. The number of nitrogens with one attached hydrogen (secondary N) is 2. The predicted octanol–water partition coefficient (Wildman–Crippen LogP) is 4.29. The van der Waals surface area contributed by atoms with Crippen LogP contribution in [0.5, 0.6) is 0 Å². The molecule has 9 heteroatoms. The molecular weight excluding hydrogens is 432 g/mol. The fourth-order valence-electron chi connectivity index (χ4n) is 3.68. The van der Waals surface area contributed by atoms with Crippen LogP contribution in [0.25, 0.3) is 10.2 Å². The summed E-state index contributed by atoms with van der Waals surface area (Å²) in [6, 6.07) is 12.2. The number of hydrogen-bond donors (Lipinski definition) is 2. The first-order valence-electron chi connectivity index (χ1n) is 10.3. The molecule has 0 atom stereocenters. The number of carbonyl (C=O) groups is 1. The van der Waals surface area contributed by atoms with Crippen LogP contribution < -0.4 is 10.0 Å². The van der Waals surface area contributed by atoms with E-state index in [1.807, 2.05) is 6.07 Å². The van der Waals surface area contributed by atoms with Crippen molar-refractivity contribution in [2.45, 2.75) is 38.1 Å². The SMILES string of the molecule is CC(=O)Nc1ccc(S(=O)(=O)Nc2nc3ccc(CN4CCC(C)CC4)cc3s2)cc1. The standard InChI is InChI=1S/C22H26N4O3S2/c1-15-9-11-26(12-10-15)14-17-3-8-20-21(13-17)30-22(24-20)25-31(28,29)19-6-4-18(5-7-19)23-16(2)27/h3-8,13,15H,9-12,14H2,1-2H3,(H,23,27)(H,24,25). The number of benzene rings is 2. The van der Waals surface area contributed by atoms with E-state index in [0.29, 0.717) is 10.8 Å². The second kappa shape index (κ2) is 8.94.